The zero-order valence-corrected chi connectivity index (χ0v) is 15.8. The fraction of sp³-hybridized carbons (Fsp3) is 0.286. The first-order chi connectivity index (χ1) is 13.0. The summed E-state index contributed by atoms with van der Waals surface area (Å²) in [6.07, 6.45) is 1.63. The van der Waals surface area contributed by atoms with E-state index in [0.717, 1.165) is 5.69 Å². The van der Waals surface area contributed by atoms with E-state index in [-0.39, 0.29) is 19.1 Å². The monoisotopic (exact) mass is 364 g/mol. The van der Waals surface area contributed by atoms with Crippen LogP contribution < -0.4 is 10.1 Å². The highest BCUT2D eigenvalue weighted by atomic mass is 16.5. The van der Waals surface area contributed by atoms with Crippen molar-refractivity contribution in [2.24, 2.45) is 0 Å². The Morgan fingerprint density at radius 3 is 2.67 bits per heavy atom. The summed E-state index contributed by atoms with van der Waals surface area (Å²) in [5.41, 5.74) is 3.40. The van der Waals surface area contributed by atoms with Gasteiger partial charge >= 0.3 is 0 Å². The Kier molecular flexibility index (Phi) is 5.86. The fourth-order valence-electron chi connectivity index (χ4n) is 2.95. The first kappa shape index (κ1) is 18.6. The highest BCUT2D eigenvalue weighted by Gasteiger charge is 2.10. The SMILES string of the molecule is Cc1cc(OCC(=O)NCc2nncn2-c2ccccc2)ccc1C(C)C. The molecule has 0 fully saturated rings. The van der Waals surface area contributed by atoms with Gasteiger partial charge in [-0.3, -0.25) is 9.36 Å². The number of amides is 1. The van der Waals surface area contributed by atoms with E-state index in [9.17, 15) is 4.79 Å². The zero-order chi connectivity index (χ0) is 19.2. The van der Waals surface area contributed by atoms with Crippen molar-refractivity contribution in [3.05, 3.63) is 71.8 Å². The summed E-state index contributed by atoms with van der Waals surface area (Å²) in [4.78, 5) is 12.1. The number of nitrogens with one attached hydrogen (secondary N) is 1. The van der Waals surface area contributed by atoms with Crippen LogP contribution in [0.15, 0.2) is 54.9 Å². The number of hydrogen-bond donors (Lipinski definition) is 1. The molecule has 1 heterocycles. The van der Waals surface area contributed by atoms with Crippen molar-refractivity contribution >= 4 is 5.91 Å². The second kappa shape index (κ2) is 8.49. The van der Waals surface area contributed by atoms with Gasteiger partial charge in [0.05, 0.1) is 6.54 Å². The molecule has 0 aliphatic rings. The molecular weight excluding hydrogens is 340 g/mol. The number of aromatic nitrogens is 3. The minimum atomic E-state index is -0.205. The average molecular weight is 364 g/mol. The summed E-state index contributed by atoms with van der Waals surface area (Å²) >= 11 is 0. The molecule has 3 rings (SSSR count). The van der Waals surface area contributed by atoms with Crippen LogP contribution in [0.5, 0.6) is 5.75 Å². The van der Waals surface area contributed by atoms with Gasteiger partial charge in [0.2, 0.25) is 0 Å². The molecule has 0 bridgehead atoms. The molecule has 0 atom stereocenters. The van der Waals surface area contributed by atoms with Crippen LogP contribution in [-0.2, 0) is 11.3 Å². The van der Waals surface area contributed by atoms with Crippen molar-refractivity contribution in [1.29, 1.82) is 0 Å². The summed E-state index contributed by atoms with van der Waals surface area (Å²) in [6, 6.07) is 15.7. The van der Waals surface area contributed by atoms with Gasteiger partial charge in [0, 0.05) is 5.69 Å². The number of hydrogen-bond acceptors (Lipinski definition) is 4. The molecule has 0 radical (unpaired) electrons. The first-order valence-corrected chi connectivity index (χ1v) is 8.99. The Balaban J connectivity index is 1.54. The van der Waals surface area contributed by atoms with E-state index >= 15 is 0 Å². The highest BCUT2D eigenvalue weighted by Crippen LogP contribution is 2.23. The molecule has 6 heteroatoms. The van der Waals surface area contributed by atoms with Crippen molar-refractivity contribution in [3.63, 3.8) is 0 Å². The molecule has 0 saturated carbocycles. The van der Waals surface area contributed by atoms with Gasteiger partial charge in [-0.1, -0.05) is 38.1 Å². The number of nitrogens with zero attached hydrogens (tertiary/aromatic N) is 3. The lowest BCUT2D eigenvalue weighted by atomic mass is 9.98. The summed E-state index contributed by atoms with van der Waals surface area (Å²) in [5.74, 6) is 1.61. The number of para-hydroxylation sites is 1. The third kappa shape index (κ3) is 4.73. The van der Waals surface area contributed by atoms with Gasteiger partial charge in [-0.25, -0.2) is 0 Å². The van der Waals surface area contributed by atoms with Crippen LogP contribution in [0, 0.1) is 6.92 Å². The van der Waals surface area contributed by atoms with Crippen LogP contribution in [0.2, 0.25) is 0 Å². The van der Waals surface area contributed by atoms with E-state index in [1.54, 1.807) is 6.33 Å². The summed E-state index contributed by atoms with van der Waals surface area (Å²) in [5, 5.41) is 10.8. The van der Waals surface area contributed by atoms with Crippen LogP contribution in [-0.4, -0.2) is 27.3 Å². The highest BCUT2D eigenvalue weighted by molar-refractivity contribution is 5.77. The van der Waals surface area contributed by atoms with E-state index in [0.29, 0.717) is 17.5 Å². The quantitative estimate of drug-likeness (QED) is 0.698. The molecule has 2 aromatic carbocycles. The molecule has 1 aromatic heterocycles. The van der Waals surface area contributed by atoms with Crippen LogP contribution in [0.3, 0.4) is 0 Å². The van der Waals surface area contributed by atoms with Crippen molar-refractivity contribution in [1.82, 2.24) is 20.1 Å². The molecular formula is C21H24N4O2. The third-order valence-corrected chi connectivity index (χ3v) is 4.33. The van der Waals surface area contributed by atoms with Crippen LogP contribution in [0.4, 0.5) is 0 Å². The molecule has 1 amide bonds. The van der Waals surface area contributed by atoms with Gasteiger partial charge in [-0.05, 0) is 48.2 Å². The first-order valence-electron chi connectivity index (χ1n) is 8.99. The lowest BCUT2D eigenvalue weighted by molar-refractivity contribution is -0.123. The number of ether oxygens (including phenoxy) is 1. The smallest absolute Gasteiger partial charge is 0.258 e. The standard InChI is InChI=1S/C21H24N4O2/c1-15(2)19-10-9-18(11-16(19)3)27-13-21(26)22-12-20-24-23-14-25(20)17-7-5-4-6-8-17/h4-11,14-15H,12-13H2,1-3H3,(H,22,26). The van der Waals surface area contributed by atoms with E-state index in [1.165, 1.54) is 11.1 Å². The van der Waals surface area contributed by atoms with Gasteiger partial charge in [0.1, 0.15) is 12.1 Å². The maximum atomic E-state index is 12.1. The Hall–Kier alpha value is -3.15. The minimum Gasteiger partial charge on any atom is -0.484 e. The summed E-state index contributed by atoms with van der Waals surface area (Å²) < 4.78 is 7.46. The number of carbonyl (C=O) groups excluding carboxylic acids is 1. The van der Waals surface area contributed by atoms with Crippen molar-refractivity contribution in [3.8, 4) is 11.4 Å². The molecule has 0 unspecified atom stereocenters. The van der Waals surface area contributed by atoms with Crippen LogP contribution >= 0.6 is 0 Å². The molecule has 140 valence electrons. The largest absolute Gasteiger partial charge is 0.484 e. The number of benzene rings is 2. The molecule has 0 aliphatic carbocycles. The van der Waals surface area contributed by atoms with Crippen molar-refractivity contribution in [2.45, 2.75) is 33.2 Å². The van der Waals surface area contributed by atoms with Gasteiger partial charge in [-0.15, -0.1) is 10.2 Å². The lowest BCUT2D eigenvalue weighted by Crippen LogP contribution is -2.29. The molecule has 0 spiro atoms. The number of aryl methyl sites for hydroxylation is 1. The lowest BCUT2D eigenvalue weighted by Gasteiger charge is -2.12. The third-order valence-electron chi connectivity index (χ3n) is 4.33. The average Bonchev–Trinajstić information content (AvgIpc) is 3.14. The molecule has 6 nitrogen and oxygen atoms in total. The Morgan fingerprint density at radius 2 is 1.96 bits per heavy atom. The number of carbonyl (C=O) groups is 1. The van der Waals surface area contributed by atoms with E-state index < -0.39 is 0 Å². The summed E-state index contributed by atoms with van der Waals surface area (Å²) in [6.45, 7) is 6.61. The van der Waals surface area contributed by atoms with E-state index in [1.807, 2.05) is 47.0 Å². The van der Waals surface area contributed by atoms with Crippen LogP contribution in [0.1, 0.15) is 36.7 Å². The van der Waals surface area contributed by atoms with Crippen molar-refractivity contribution < 1.29 is 9.53 Å². The predicted molar refractivity (Wildman–Crippen MR) is 104 cm³/mol. The van der Waals surface area contributed by atoms with Gasteiger partial charge in [0.25, 0.3) is 5.91 Å². The van der Waals surface area contributed by atoms with E-state index in [4.69, 9.17) is 4.74 Å². The van der Waals surface area contributed by atoms with Gasteiger partial charge in [0.15, 0.2) is 12.4 Å². The zero-order valence-electron chi connectivity index (χ0n) is 15.8. The van der Waals surface area contributed by atoms with Crippen LogP contribution in [0.25, 0.3) is 5.69 Å². The van der Waals surface area contributed by atoms with E-state index in [2.05, 4.69) is 42.4 Å². The minimum absolute atomic E-state index is 0.0417. The molecule has 0 aliphatic heterocycles. The Bertz CT molecular complexity index is 904. The molecule has 3 aromatic rings. The molecule has 27 heavy (non-hydrogen) atoms. The second-order valence-corrected chi connectivity index (χ2v) is 6.69. The molecule has 0 saturated heterocycles. The van der Waals surface area contributed by atoms with Gasteiger partial charge in [-0.2, -0.15) is 0 Å². The van der Waals surface area contributed by atoms with Gasteiger partial charge < -0.3 is 10.1 Å². The summed E-state index contributed by atoms with van der Waals surface area (Å²) in [7, 11) is 0. The second-order valence-electron chi connectivity index (χ2n) is 6.69. The predicted octanol–water partition coefficient (Wildman–Crippen LogP) is 3.39. The Labute approximate surface area is 159 Å². The maximum absolute atomic E-state index is 12.1. The topological polar surface area (TPSA) is 69.0 Å². The number of rotatable bonds is 7. The molecule has 1 N–H and O–H groups in total. The maximum Gasteiger partial charge on any atom is 0.258 e. The fourth-order valence-corrected chi connectivity index (χ4v) is 2.95. The Morgan fingerprint density at radius 1 is 1.19 bits per heavy atom. The van der Waals surface area contributed by atoms with Crippen molar-refractivity contribution in [2.75, 3.05) is 6.61 Å². The normalized spacial score (nSPS) is 10.8.